The van der Waals surface area contributed by atoms with Gasteiger partial charge in [-0.1, -0.05) is 0 Å². The molecule has 2 aromatic heterocycles. The van der Waals surface area contributed by atoms with Crippen LogP contribution >= 0.6 is 11.3 Å². The normalized spacial score (nSPS) is 12.4. The SMILES string of the molecule is Cc1sc(C(=O)NC[C@@H](c2ccco2)N(C)C)cc1[N+](=O)[O-]. The van der Waals surface area contributed by atoms with Crippen molar-refractivity contribution in [3.63, 3.8) is 0 Å². The van der Waals surface area contributed by atoms with Gasteiger partial charge in [0, 0.05) is 12.6 Å². The van der Waals surface area contributed by atoms with E-state index in [1.165, 1.54) is 6.07 Å². The van der Waals surface area contributed by atoms with Crippen LogP contribution in [0.4, 0.5) is 5.69 Å². The minimum atomic E-state index is -0.478. The highest BCUT2D eigenvalue weighted by Crippen LogP contribution is 2.28. The lowest BCUT2D eigenvalue weighted by Gasteiger charge is -2.22. The number of nitrogens with one attached hydrogen (secondary N) is 1. The summed E-state index contributed by atoms with van der Waals surface area (Å²) in [6.07, 6.45) is 1.58. The van der Waals surface area contributed by atoms with Gasteiger partial charge in [0.2, 0.25) is 0 Å². The van der Waals surface area contributed by atoms with Crippen LogP contribution in [0.25, 0.3) is 0 Å². The molecule has 0 spiro atoms. The first kappa shape index (κ1) is 16.2. The standard InChI is InChI=1S/C14H17N3O4S/c1-9-10(17(19)20)7-13(22-9)14(18)15-8-11(16(2)3)12-5-4-6-21-12/h4-7,11H,8H2,1-3H3,(H,15,18)/t11-/m0/s1. The number of thiophene rings is 1. The number of carbonyl (C=O) groups is 1. The molecule has 7 nitrogen and oxygen atoms in total. The number of hydrogen-bond acceptors (Lipinski definition) is 6. The van der Waals surface area contributed by atoms with E-state index >= 15 is 0 Å². The summed E-state index contributed by atoms with van der Waals surface area (Å²) in [6.45, 7) is 1.98. The van der Waals surface area contributed by atoms with E-state index in [-0.39, 0.29) is 17.6 Å². The van der Waals surface area contributed by atoms with E-state index < -0.39 is 4.92 Å². The predicted molar refractivity (Wildman–Crippen MR) is 83.2 cm³/mol. The molecule has 0 aromatic carbocycles. The first-order valence-electron chi connectivity index (χ1n) is 6.63. The number of nitro groups is 1. The highest BCUT2D eigenvalue weighted by molar-refractivity contribution is 7.14. The Kier molecular flexibility index (Phi) is 4.94. The van der Waals surface area contributed by atoms with Crippen LogP contribution in [-0.2, 0) is 0 Å². The van der Waals surface area contributed by atoms with Crippen molar-refractivity contribution in [2.45, 2.75) is 13.0 Å². The monoisotopic (exact) mass is 323 g/mol. The Labute approximate surface area is 131 Å². The minimum Gasteiger partial charge on any atom is -0.468 e. The number of furan rings is 1. The van der Waals surface area contributed by atoms with Crippen LogP contribution in [0.15, 0.2) is 28.9 Å². The summed E-state index contributed by atoms with van der Waals surface area (Å²) in [5.41, 5.74) is -0.0228. The van der Waals surface area contributed by atoms with E-state index in [1.54, 1.807) is 19.3 Å². The van der Waals surface area contributed by atoms with Crippen molar-refractivity contribution in [1.29, 1.82) is 0 Å². The van der Waals surface area contributed by atoms with Gasteiger partial charge in [0.15, 0.2) is 0 Å². The third-order valence-corrected chi connectivity index (χ3v) is 4.30. The summed E-state index contributed by atoms with van der Waals surface area (Å²) < 4.78 is 5.37. The van der Waals surface area contributed by atoms with Crippen molar-refractivity contribution in [3.8, 4) is 0 Å². The molecule has 0 aliphatic rings. The van der Waals surface area contributed by atoms with Crippen LogP contribution in [0, 0.1) is 17.0 Å². The Balaban J connectivity index is 2.05. The number of carbonyl (C=O) groups excluding carboxylic acids is 1. The lowest BCUT2D eigenvalue weighted by atomic mass is 10.2. The first-order chi connectivity index (χ1) is 10.4. The molecule has 1 N–H and O–H groups in total. The summed E-state index contributed by atoms with van der Waals surface area (Å²) in [5, 5.41) is 13.6. The van der Waals surface area contributed by atoms with Crippen LogP contribution < -0.4 is 5.32 Å². The molecule has 2 heterocycles. The van der Waals surface area contributed by atoms with E-state index in [2.05, 4.69) is 5.32 Å². The summed E-state index contributed by atoms with van der Waals surface area (Å²) in [4.78, 5) is 25.3. The summed E-state index contributed by atoms with van der Waals surface area (Å²) in [5.74, 6) is 0.429. The molecule has 2 aromatic rings. The predicted octanol–water partition coefficient (Wildman–Crippen LogP) is 2.59. The van der Waals surface area contributed by atoms with Crippen LogP contribution in [0.5, 0.6) is 0 Å². The molecule has 0 bridgehead atoms. The molecule has 22 heavy (non-hydrogen) atoms. The Hall–Kier alpha value is -2.19. The molecule has 0 saturated heterocycles. The molecule has 0 fully saturated rings. The van der Waals surface area contributed by atoms with E-state index in [0.29, 0.717) is 16.3 Å². The third kappa shape index (κ3) is 3.52. The maximum atomic E-state index is 12.2. The van der Waals surface area contributed by atoms with Gasteiger partial charge in [-0.05, 0) is 33.2 Å². The average Bonchev–Trinajstić information content (AvgIpc) is 3.07. The largest absolute Gasteiger partial charge is 0.468 e. The fourth-order valence-electron chi connectivity index (χ4n) is 2.06. The van der Waals surface area contributed by atoms with Crippen molar-refractivity contribution in [1.82, 2.24) is 10.2 Å². The molecule has 0 unspecified atom stereocenters. The molecule has 2 rings (SSSR count). The summed E-state index contributed by atoms with van der Waals surface area (Å²) in [6, 6.07) is 4.85. The Morgan fingerprint density at radius 3 is 2.77 bits per heavy atom. The van der Waals surface area contributed by atoms with Crippen molar-refractivity contribution >= 4 is 22.9 Å². The van der Waals surface area contributed by atoms with Gasteiger partial charge in [-0.15, -0.1) is 11.3 Å². The fraction of sp³-hybridized carbons (Fsp3) is 0.357. The second-order valence-electron chi connectivity index (χ2n) is 5.01. The smallest absolute Gasteiger partial charge is 0.283 e. The molecular formula is C14H17N3O4S. The number of rotatable bonds is 6. The van der Waals surface area contributed by atoms with Crippen LogP contribution in [0.2, 0.25) is 0 Å². The summed E-state index contributed by atoms with van der Waals surface area (Å²) >= 11 is 1.12. The number of amides is 1. The fourth-order valence-corrected chi connectivity index (χ4v) is 2.96. The van der Waals surface area contributed by atoms with Crippen LogP contribution in [-0.4, -0.2) is 36.4 Å². The Morgan fingerprint density at radius 2 is 2.27 bits per heavy atom. The third-order valence-electron chi connectivity index (χ3n) is 3.26. The Morgan fingerprint density at radius 1 is 1.55 bits per heavy atom. The quantitative estimate of drug-likeness (QED) is 0.652. The van der Waals surface area contributed by atoms with E-state index in [1.807, 2.05) is 25.1 Å². The van der Waals surface area contributed by atoms with Crippen LogP contribution in [0.1, 0.15) is 26.4 Å². The first-order valence-corrected chi connectivity index (χ1v) is 7.44. The molecule has 118 valence electrons. The highest BCUT2D eigenvalue weighted by Gasteiger charge is 2.22. The van der Waals surface area contributed by atoms with Crippen molar-refractivity contribution in [3.05, 3.63) is 50.1 Å². The van der Waals surface area contributed by atoms with Crippen molar-refractivity contribution < 1.29 is 14.1 Å². The zero-order chi connectivity index (χ0) is 16.3. The van der Waals surface area contributed by atoms with Crippen molar-refractivity contribution in [2.75, 3.05) is 20.6 Å². The second kappa shape index (κ2) is 6.71. The van der Waals surface area contributed by atoms with Gasteiger partial charge in [-0.3, -0.25) is 19.8 Å². The maximum absolute atomic E-state index is 12.2. The van der Waals surface area contributed by atoms with Crippen LogP contribution in [0.3, 0.4) is 0 Å². The molecule has 0 saturated carbocycles. The number of nitrogens with zero attached hydrogens (tertiary/aromatic N) is 2. The molecule has 0 radical (unpaired) electrons. The highest BCUT2D eigenvalue weighted by atomic mass is 32.1. The molecular weight excluding hydrogens is 306 g/mol. The van der Waals surface area contributed by atoms with E-state index in [9.17, 15) is 14.9 Å². The van der Waals surface area contributed by atoms with Gasteiger partial charge >= 0.3 is 0 Å². The number of hydrogen-bond donors (Lipinski definition) is 1. The number of aryl methyl sites for hydroxylation is 1. The van der Waals surface area contributed by atoms with E-state index in [0.717, 1.165) is 17.1 Å². The molecule has 0 aliphatic heterocycles. The van der Waals surface area contributed by atoms with Gasteiger partial charge in [-0.2, -0.15) is 0 Å². The zero-order valence-corrected chi connectivity index (χ0v) is 13.3. The lowest BCUT2D eigenvalue weighted by molar-refractivity contribution is -0.385. The van der Waals surface area contributed by atoms with Gasteiger partial charge < -0.3 is 9.73 Å². The average molecular weight is 323 g/mol. The lowest BCUT2D eigenvalue weighted by Crippen LogP contribution is -2.34. The topological polar surface area (TPSA) is 88.6 Å². The Bertz CT molecular complexity index is 664. The molecule has 1 amide bonds. The van der Waals surface area contributed by atoms with Gasteiger partial charge in [0.25, 0.3) is 11.6 Å². The molecule has 1 atom stereocenters. The van der Waals surface area contributed by atoms with Gasteiger partial charge in [0.1, 0.15) is 5.76 Å². The zero-order valence-electron chi connectivity index (χ0n) is 12.5. The van der Waals surface area contributed by atoms with Gasteiger partial charge in [-0.25, -0.2) is 0 Å². The summed E-state index contributed by atoms with van der Waals surface area (Å²) in [7, 11) is 3.78. The maximum Gasteiger partial charge on any atom is 0.283 e. The van der Waals surface area contributed by atoms with E-state index in [4.69, 9.17) is 4.42 Å². The molecule has 8 heteroatoms. The van der Waals surface area contributed by atoms with Gasteiger partial charge in [0.05, 0.1) is 27.0 Å². The molecule has 0 aliphatic carbocycles. The second-order valence-corrected chi connectivity index (χ2v) is 6.27. The van der Waals surface area contributed by atoms with Crippen molar-refractivity contribution in [2.24, 2.45) is 0 Å². The minimum absolute atomic E-state index is 0.0228. The number of likely N-dealkylation sites (N-methyl/N-ethyl adjacent to an activating group) is 1.